The molecule has 0 aliphatic carbocycles. The van der Waals surface area contributed by atoms with Crippen LogP contribution in [0.2, 0.25) is 10.0 Å². The van der Waals surface area contributed by atoms with E-state index in [1.165, 1.54) is 35.0 Å². The second kappa shape index (κ2) is 12.0. The number of carbonyl (C=O) groups is 1. The molecule has 0 saturated carbocycles. The first-order chi connectivity index (χ1) is 19.0. The van der Waals surface area contributed by atoms with Crippen LogP contribution in [-0.4, -0.2) is 36.9 Å². The number of alkyl halides is 3. The van der Waals surface area contributed by atoms with Gasteiger partial charge in [0, 0.05) is 37.9 Å². The van der Waals surface area contributed by atoms with Gasteiger partial charge in [0.25, 0.3) is 0 Å². The highest BCUT2D eigenvalue weighted by molar-refractivity contribution is 7.74. The summed E-state index contributed by atoms with van der Waals surface area (Å²) in [6.45, 7) is 10.0. The minimum atomic E-state index is -4.66. The first-order valence-corrected chi connectivity index (χ1v) is 15.3. The highest BCUT2D eigenvalue weighted by atomic mass is 35.5. The van der Waals surface area contributed by atoms with E-state index in [2.05, 4.69) is 4.90 Å². The van der Waals surface area contributed by atoms with E-state index < -0.39 is 25.2 Å². The van der Waals surface area contributed by atoms with Gasteiger partial charge in [0.15, 0.2) is 7.36 Å². The van der Waals surface area contributed by atoms with Crippen molar-refractivity contribution in [1.29, 1.82) is 0 Å². The molecule has 1 unspecified atom stereocenters. The summed E-state index contributed by atoms with van der Waals surface area (Å²) in [5.74, 6) is 0.263. The number of amides is 1. The number of halogens is 5. The normalized spacial score (nSPS) is 17.1. The van der Waals surface area contributed by atoms with Crippen molar-refractivity contribution in [2.75, 3.05) is 35.7 Å². The lowest BCUT2D eigenvalue weighted by Gasteiger charge is -2.46. The number of hydrogen-bond acceptors (Lipinski definition) is 4. The number of anilines is 2. The topological polar surface area (TPSA) is 48.4 Å². The third-order valence-corrected chi connectivity index (χ3v) is 11.3. The van der Waals surface area contributed by atoms with Crippen LogP contribution in [0.3, 0.4) is 0 Å². The van der Waals surface area contributed by atoms with Gasteiger partial charge in [-0.15, -0.1) is 0 Å². The average molecular weight is 613 g/mol. The summed E-state index contributed by atoms with van der Waals surface area (Å²) < 4.78 is 56.7. The maximum absolute atomic E-state index is 14.2. The largest absolute Gasteiger partial charge is 0.425 e. The quantitative estimate of drug-likeness (QED) is 0.238. The minimum absolute atomic E-state index is 0.183. The molecule has 1 heterocycles. The molecule has 1 amide bonds. The lowest BCUT2D eigenvalue weighted by Crippen LogP contribution is -2.46. The van der Waals surface area contributed by atoms with Crippen molar-refractivity contribution < 1.29 is 22.7 Å². The summed E-state index contributed by atoms with van der Waals surface area (Å²) in [5, 5.41) is 0.976. The molecule has 1 aliphatic heterocycles. The third-order valence-electron chi connectivity index (χ3n) is 6.77. The molecule has 0 fully saturated rings. The number of carbonyl (C=O) groups excluding carboxylic acids is 1. The number of rotatable bonds is 8. The average Bonchev–Trinajstić information content (AvgIpc) is 2.91. The fourth-order valence-corrected chi connectivity index (χ4v) is 8.92. The predicted octanol–water partition coefficient (Wildman–Crippen LogP) is 9.21. The van der Waals surface area contributed by atoms with Crippen molar-refractivity contribution in [2.45, 2.75) is 33.9 Å². The Kier molecular flexibility index (Phi) is 9.10. The number of benzene rings is 3. The van der Waals surface area contributed by atoms with Gasteiger partial charge in [0.1, 0.15) is 5.75 Å². The Hall–Kier alpha value is -2.71. The van der Waals surface area contributed by atoms with E-state index >= 15 is 0 Å². The Balaban J connectivity index is 2.17. The van der Waals surface area contributed by atoms with Crippen molar-refractivity contribution in [3.05, 3.63) is 76.3 Å². The zero-order valence-electron chi connectivity index (χ0n) is 22.5. The van der Waals surface area contributed by atoms with E-state index in [0.29, 0.717) is 24.1 Å². The molecule has 0 bridgehead atoms. The van der Waals surface area contributed by atoms with Gasteiger partial charge in [0.2, 0.25) is 0 Å². The molecule has 0 aromatic heterocycles. The van der Waals surface area contributed by atoms with Crippen LogP contribution in [0.5, 0.6) is 5.75 Å². The second-order valence-corrected chi connectivity index (χ2v) is 12.5. The zero-order chi connectivity index (χ0) is 29.2. The number of fused-ring (bicyclic) bond motifs is 1. The Morgan fingerprint density at radius 2 is 1.57 bits per heavy atom. The van der Waals surface area contributed by atoms with Crippen LogP contribution in [-0.2, 0) is 6.18 Å². The maximum atomic E-state index is 14.2. The van der Waals surface area contributed by atoms with E-state index in [9.17, 15) is 18.0 Å². The second-order valence-electron chi connectivity index (χ2n) is 8.92. The molecule has 1 atom stereocenters. The molecule has 3 aromatic carbocycles. The molecule has 40 heavy (non-hydrogen) atoms. The molecule has 0 radical (unpaired) electrons. The summed E-state index contributed by atoms with van der Waals surface area (Å²) in [7, 11) is -3.50. The van der Waals surface area contributed by atoms with Crippen LogP contribution < -0.4 is 19.6 Å². The molecule has 0 saturated heterocycles. The Morgan fingerprint density at radius 1 is 0.900 bits per heavy atom. The predicted molar refractivity (Wildman–Crippen MR) is 158 cm³/mol. The van der Waals surface area contributed by atoms with E-state index in [1.54, 1.807) is 12.1 Å². The lowest BCUT2D eigenvalue weighted by molar-refractivity contribution is -0.137. The van der Waals surface area contributed by atoms with E-state index in [4.69, 9.17) is 32.7 Å². The van der Waals surface area contributed by atoms with Gasteiger partial charge in [-0.25, -0.2) is 18.9 Å². The van der Waals surface area contributed by atoms with E-state index in [0.717, 1.165) is 24.8 Å². The molecule has 3 aromatic rings. The lowest BCUT2D eigenvalue weighted by atomic mass is 10.2. The van der Waals surface area contributed by atoms with Crippen molar-refractivity contribution in [3.63, 3.8) is 0 Å². The SMILES string of the molecule is CCN(CC)c1ccc2c(c1)OC(=O)N(c1ccc(Cl)c(Cl)c1)P2(=Nc1ccccc1C(F)(F)F)N(CC)CC. The molecule has 6 nitrogen and oxygen atoms in total. The summed E-state index contributed by atoms with van der Waals surface area (Å²) in [6, 6.07) is 15.2. The monoisotopic (exact) mass is 612 g/mol. The van der Waals surface area contributed by atoms with Gasteiger partial charge in [-0.2, -0.15) is 13.2 Å². The summed E-state index contributed by atoms with van der Waals surface area (Å²) >= 11 is 12.5. The minimum Gasteiger partial charge on any atom is -0.409 e. The number of hydrogen-bond donors (Lipinski definition) is 0. The van der Waals surface area contributed by atoms with Gasteiger partial charge in [-0.3, -0.25) is 0 Å². The number of ether oxygens (including phenoxy) is 1. The van der Waals surface area contributed by atoms with Gasteiger partial charge in [-0.05, 0) is 56.3 Å². The van der Waals surface area contributed by atoms with Crippen LogP contribution in [0.15, 0.2) is 65.4 Å². The fraction of sp³-hybridized carbons (Fsp3) is 0.321. The highest BCUT2D eigenvalue weighted by Crippen LogP contribution is 2.63. The molecule has 0 N–H and O–H groups in total. The smallest absolute Gasteiger partial charge is 0.409 e. The highest BCUT2D eigenvalue weighted by Gasteiger charge is 2.47. The fourth-order valence-electron chi connectivity index (χ4n) is 4.87. The zero-order valence-corrected chi connectivity index (χ0v) is 25.0. The first-order valence-electron chi connectivity index (χ1n) is 12.9. The first kappa shape index (κ1) is 30.3. The van der Waals surface area contributed by atoms with Crippen LogP contribution in [0.25, 0.3) is 0 Å². The maximum Gasteiger partial charge on any atom is 0.425 e. The van der Waals surface area contributed by atoms with Gasteiger partial charge >= 0.3 is 12.3 Å². The number of nitrogens with zero attached hydrogens (tertiary/aromatic N) is 4. The van der Waals surface area contributed by atoms with Gasteiger partial charge < -0.3 is 9.64 Å². The standard InChI is InChI=1S/C28H30Cl2F3N4O2P/c1-5-35(6-2)19-14-16-26-25(18-19)39-27(38)37(20-13-15-22(29)23(30)17-20)40(26,36(7-3)8-4)34-24-12-10-9-11-21(24)28(31,32)33/h9-18H,5-8H2,1-4H3. The Labute approximate surface area is 242 Å². The van der Waals surface area contributed by atoms with Crippen molar-refractivity contribution in [2.24, 2.45) is 4.74 Å². The summed E-state index contributed by atoms with van der Waals surface area (Å²) in [4.78, 5) is 16.0. The van der Waals surface area contributed by atoms with Gasteiger partial charge in [-0.1, -0.05) is 49.2 Å². The van der Waals surface area contributed by atoms with E-state index in [1.807, 2.05) is 44.5 Å². The van der Waals surface area contributed by atoms with Gasteiger partial charge in [0.05, 0.1) is 32.3 Å². The van der Waals surface area contributed by atoms with E-state index in [-0.39, 0.29) is 21.5 Å². The molecule has 1 aliphatic rings. The Morgan fingerprint density at radius 3 is 2.17 bits per heavy atom. The third kappa shape index (κ3) is 5.45. The molecular weight excluding hydrogens is 583 g/mol. The van der Waals surface area contributed by atoms with Crippen LogP contribution in [0.4, 0.5) is 35.0 Å². The van der Waals surface area contributed by atoms with Crippen LogP contribution in [0.1, 0.15) is 33.3 Å². The van der Waals surface area contributed by atoms with Crippen molar-refractivity contribution in [3.8, 4) is 5.75 Å². The molecule has 4 rings (SSSR count). The molecule has 214 valence electrons. The van der Waals surface area contributed by atoms with Crippen molar-refractivity contribution in [1.82, 2.24) is 4.67 Å². The molecular formula is C28H30Cl2F3N4O2P. The van der Waals surface area contributed by atoms with Crippen LogP contribution >= 0.6 is 30.6 Å². The van der Waals surface area contributed by atoms with Crippen LogP contribution in [0, 0.1) is 0 Å². The summed E-state index contributed by atoms with van der Waals surface area (Å²) in [6.07, 6.45) is -5.43. The summed E-state index contributed by atoms with van der Waals surface area (Å²) in [5.41, 5.74) is -0.0242. The van der Waals surface area contributed by atoms with Crippen molar-refractivity contribution >= 4 is 59.0 Å². The molecule has 12 heteroatoms. The molecule has 0 spiro atoms. The Bertz CT molecular complexity index is 1460.